The zero-order valence-electron chi connectivity index (χ0n) is 23.0. The van der Waals surface area contributed by atoms with Gasteiger partial charge in [0, 0.05) is 18.7 Å². The fourth-order valence-electron chi connectivity index (χ4n) is 6.09. The zero-order valence-corrected chi connectivity index (χ0v) is 24.0. The minimum absolute atomic E-state index is 0.123. The number of ketones is 1. The second-order valence-corrected chi connectivity index (χ2v) is 16.8. The second kappa shape index (κ2) is 11.0. The first-order valence-electron chi connectivity index (χ1n) is 13.3. The second-order valence-electron chi connectivity index (χ2n) is 11.4. The Morgan fingerprint density at radius 1 is 0.857 bits per heavy atom. The minimum Gasteiger partial charge on any atom is -0.543 e. The molecule has 2 aromatic rings. The predicted octanol–water partition coefficient (Wildman–Crippen LogP) is 7.10. The Hall–Kier alpha value is -1.95. The van der Waals surface area contributed by atoms with Crippen molar-refractivity contribution in [1.82, 2.24) is 4.90 Å². The highest BCUT2D eigenvalue weighted by Gasteiger charge is 2.47. The summed E-state index contributed by atoms with van der Waals surface area (Å²) in [6.07, 6.45) is 1.26. The van der Waals surface area contributed by atoms with E-state index in [0.717, 1.165) is 16.9 Å². The number of carbonyl (C=O) groups is 1. The van der Waals surface area contributed by atoms with Crippen molar-refractivity contribution in [2.75, 3.05) is 13.1 Å². The van der Waals surface area contributed by atoms with E-state index in [-0.39, 0.29) is 11.8 Å². The Balaban J connectivity index is 1.66. The summed E-state index contributed by atoms with van der Waals surface area (Å²) in [6, 6.07) is 15.7. The van der Waals surface area contributed by atoms with Gasteiger partial charge in [-0.05, 0) is 73.1 Å². The highest BCUT2D eigenvalue weighted by molar-refractivity contribution is 6.78. The third-order valence-corrected chi connectivity index (χ3v) is 14.3. The van der Waals surface area contributed by atoms with Crippen LogP contribution in [0.15, 0.2) is 48.5 Å². The molecule has 1 fully saturated rings. The molecule has 0 spiro atoms. The van der Waals surface area contributed by atoms with E-state index >= 15 is 0 Å². The number of benzene rings is 2. The molecule has 1 aliphatic heterocycles. The molecule has 0 aromatic heterocycles. The number of rotatable bonds is 9. The van der Waals surface area contributed by atoms with Gasteiger partial charge in [-0.2, -0.15) is 0 Å². The van der Waals surface area contributed by atoms with E-state index in [1.54, 1.807) is 0 Å². The third-order valence-electron chi connectivity index (χ3n) is 8.28. The van der Waals surface area contributed by atoms with E-state index in [1.165, 1.54) is 5.56 Å². The summed E-state index contributed by atoms with van der Waals surface area (Å²) < 4.78 is 6.76. The molecule has 1 heterocycles. The molecule has 2 aromatic carbocycles. The van der Waals surface area contributed by atoms with Crippen LogP contribution in [-0.2, 0) is 5.60 Å². The zero-order chi connectivity index (χ0) is 26.0. The maximum absolute atomic E-state index is 13.3. The van der Waals surface area contributed by atoms with E-state index in [9.17, 15) is 9.90 Å². The number of hydrogen-bond acceptors (Lipinski definition) is 4. The number of piperidine rings is 1. The Bertz CT molecular complexity index is 952. The minimum atomic E-state index is -2.02. The highest BCUT2D eigenvalue weighted by atomic mass is 28.4. The fourth-order valence-corrected chi connectivity index (χ4v) is 11.3. The largest absolute Gasteiger partial charge is 0.543 e. The molecule has 4 nitrogen and oxygen atoms in total. The standard InChI is InChI=1S/C30H45NO3Si/c1-21(2)35(22(3)4,23(5)6)34-28-15-11-26(12-16-28)29(32)25(8)31-19-17-30(33,18-20-31)27-13-9-24(7)10-14-27/h9-16,21-23,25,33H,17-20H2,1-8H3. The van der Waals surface area contributed by atoms with Crippen molar-refractivity contribution in [3.05, 3.63) is 65.2 Å². The van der Waals surface area contributed by atoms with Crippen LogP contribution in [0.4, 0.5) is 0 Å². The van der Waals surface area contributed by atoms with Gasteiger partial charge < -0.3 is 9.53 Å². The molecule has 1 aliphatic rings. The van der Waals surface area contributed by atoms with Gasteiger partial charge >= 0.3 is 0 Å². The number of likely N-dealkylation sites (tertiary alicyclic amines) is 1. The van der Waals surface area contributed by atoms with Crippen LogP contribution in [0.1, 0.15) is 82.8 Å². The Labute approximate surface area is 213 Å². The quantitative estimate of drug-likeness (QED) is 0.298. The summed E-state index contributed by atoms with van der Waals surface area (Å²) in [5.74, 6) is 0.996. The van der Waals surface area contributed by atoms with Crippen LogP contribution < -0.4 is 4.43 Å². The number of aryl methyl sites for hydroxylation is 1. The lowest BCUT2D eigenvalue weighted by Gasteiger charge is -2.42. The molecule has 0 bridgehead atoms. The van der Waals surface area contributed by atoms with Gasteiger partial charge in [-0.3, -0.25) is 9.69 Å². The van der Waals surface area contributed by atoms with Gasteiger partial charge in [0.05, 0.1) is 11.6 Å². The Kier molecular flexibility index (Phi) is 8.67. The molecule has 0 radical (unpaired) electrons. The third kappa shape index (κ3) is 5.73. The van der Waals surface area contributed by atoms with Crippen molar-refractivity contribution in [1.29, 1.82) is 0 Å². The SMILES string of the molecule is Cc1ccc(C2(O)CCN(C(C)C(=O)c3ccc(O[Si](C(C)C)(C(C)C)C(C)C)cc3)CC2)cc1. The number of nitrogens with zero attached hydrogens (tertiary/aromatic N) is 1. The fraction of sp³-hybridized carbons (Fsp3) is 0.567. The van der Waals surface area contributed by atoms with Crippen LogP contribution in [0.2, 0.25) is 16.6 Å². The molecule has 1 N–H and O–H groups in total. The van der Waals surface area contributed by atoms with Crippen molar-refractivity contribution in [2.24, 2.45) is 0 Å². The van der Waals surface area contributed by atoms with Gasteiger partial charge in [0.1, 0.15) is 5.75 Å². The molecular formula is C30H45NO3Si. The molecule has 1 atom stereocenters. The highest BCUT2D eigenvalue weighted by Crippen LogP contribution is 2.42. The summed E-state index contributed by atoms with van der Waals surface area (Å²) >= 11 is 0. The average molecular weight is 496 g/mol. The summed E-state index contributed by atoms with van der Waals surface area (Å²) in [6.45, 7) is 19.1. The Morgan fingerprint density at radius 3 is 1.80 bits per heavy atom. The van der Waals surface area contributed by atoms with Crippen LogP contribution in [0.3, 0.4) is 0 Å². The van der Waals surface area contributed by atoms with E-state index in [0.29, 0.717) is 42.6 Å². The van der Waals surface area contributed by atoms with Crippen molar-refractivity contribution in [3.63, 3.8) is 0 Å². The number of carbonyl (C=O) groups excluding carboxylic acids is 1. The van der Waals surface area contributed by atoms with E-state index in [2.05, 4.69) is 65.5 Å². The van der Waals surface area contributed by atoms with Crippen LogP contribution in [0, 0.1) is 6.92 Å². The van der Waals surface area contributed by atoms with Gasteiger partial charge in [0.25, 0.3) is 8.32 Å². The van der Waals surface area contributed by atoms with Gasteiger partial charge in [-0.1, -0.05) is 71.4 Å². The summed E-state index contributed by atoms with van der Waals surface area (Å²) in [5.41, 5.74) is 3.57. The maximum atomic E-state index is 13.3. The number of aliphatic hydroxyl groups is 1. The van der Waals surface area contributed by atoms with Crippen molar-refractivity contribution >= 4 is 14.1 Å². The van der Waals surface area contributed by atoms with Crippen molar-refractivity contribution in [3.8, 4) is 5.75 Å². The first kappa shape index (κ1) is 27.6. The lowest BCUT2D eigenvalue weighted by atomic mass is 9.83. The van der Waals surface area contributed by atoms with Crippen LogP contribution in [0.25, 0.3) is 0 Å². The van der Waals surface area contributed by atoms with Gasteiger partial charge in [-0.15, -0.1) is 0 Å². The first-order valence-corrected chi connectivity index (χ1v) is 15.4. The topological polar surface area (TPSA) is 49.8 Å². The molecule has 0 amide bonds. The van der Waals surface area contributed by atoms with Crippen LogP contribution in [-0.4, -0.2) is 43.2 Å². The van der Waals surface area contributed by atoms with Gasteiger partial charge in [-0.25, -0.2) is 0 Å². The first-order chi connectivity index (χ1) is 16.4. The molecule has 0 saturated carbocycles. The van der Waals surface area contributed by atoms with E-state index in [4.69, 9.17) is 4.43 Å². The van der Waals surface area contributed by atoms with Gasteiger partial charge in [0.2, 0.25) is 0 Å². The molecule has 5 heteroatoms. The van der Waals surface area contributed by atoms with E-state index < -0.39 is 13.9 Å². The molecule has 1 saturated heterocycles. The lowest BCUT2D eigenvalue weighted by Crippen LogP contribution is -2.50. The number of hydrogen-bond donors (Lipinski definition) is 1. The average Bonchev–Trinajstić information content (AvgIpc) is 2.82. The smallest absolute Gasteiger partial charge is 0.258 e. The normalized spacial score (nSPS) is 17.7. The van der Waals surface area contributed by atoms with Crippen LogP contribution >= 0.6 is 0 Å². The molecule has 3 rings (SSSR count). The summed E-state index contributed by atoms with van der Waals surface area (Å²) in [7, 11) is -2.02. The molecule has 35 heavy (non-hydrogen) atoms. The van der Waals surface area contributed by atoms with Gasteiger partial charge in [0.15, 0.2) is 5.78 Å². The molecule has 192 valence electrons. The van der Waals surface area contributed by atoms with E-state index in [1.807, 2.05) is 43.3 Å². The maximum Gasteiger partial charge on any atom is 0.258 e. The molecular weight excluding hydrogens is 450 g/mol. The molecule has 1 unspecified atom stereocenters. The Morgan fingerprint density at radius 2 is 1.34 bits per heavy atom. The predicted molar refractivity (Wildman–Crippen MR) is 148 cm³/mol. The summed E-state index contributed by atoms with van der Waals surface area (Å²) in [4.78, 5) is 15.5. The lowest BCUT2D eigenvalue weighted by molar-refractivity contribution is -0.0318. The number of Topliss-reactive ketones (excluding diaryl/α,β-unsaturated/α-hetero) is 1. The monoisotopic (exact) mass is 495 g/mol. The summed E-state index contributed by atoms with van der Waals surface area (Å²) in [5, 5.41) is 11.2. The van der Waals surface area contributed by atoms with Crippen molar-refractivity contribution in [2.45, 2.75) is 96.5 Å². The molecule has 0 aliphatic carbocycles. The van der Waals surface area contributed by atoms with Crippen LogP contribution in [0.5, 0.6) is 5.75 Å². The van der Waals surface area contributed by atoms with Crippen molar-refractivity contribution < 1.29 is 14.3 Å².